The van der Waals surface area contributed by atoms with E-state index in [-0.39, 0.29) is 19.0 Å². The fourth-order valence-electron chi connectivity index (χ4n) is 1.24. The van der Waals surface area contributed by atoms with Gasteiger partial charge in [-0.05, 0) is 18.7 Å². The molecular formula is C12H17ClN2O2. The summed E-state index contributed by atoms with van der Waals surface area (Å²) in [4.78, 5) is 0. The molecule has 0 radical (unpaired) electrons. The molecular weight excluding hydrogens is 240 g/mol. The summed E-state index contributed by atoms with van der Waals surface area (Å²) in [5.41, 5.74) is 0.484. The Morgan fingerprint density at radius 1 is 1.47 bits per heavy atom. The Balaban J connectivity index is 0.00000256. The number of ether oxygens (including phenoxy) is 1. The first-order chi connectivity index (χ1) is 7.77. The van der Waals surface area contributed by atoms with Gasteiger partial charge in [-0.2, -0.15) is 5.26 Å². The van der Waals surface area contributed by atoms with Gasteiger partial charge in [-0.3, -0.25) is 0 Å². The van der Waals surface area contributed by atoms with Crippen molar-refractivity contribution in [3.8, 4) is 11.8 Å². The van der Waals surface area contributed by atoms with E-state index in [2.05, 4.69) is 5.32 Å². The third-order valence-corrected chi connectivity index (χ3v) is 2.07. The van der Waals surface area contributed by atoms with Crippen LogP contribution in [0, 0.1) is 11.3 Å². The number of aliphatic hydroxyl groups is 1. The third-order valence-electron chi connectivity index (χ3n) is 2.07. The lowest BCUT2D eigenvalue weighted by Crippen LogP contribution is -2.31. The van der Waals surface area contributed by atoms with Crippen LogP contribution in [0.5, 0.6) is 5.75 Å². The maximum Gasteiger partial charge on any atom is 0.137 e. The first-order valence-corrected chi connectivity index (χ1v) is 5.28. The largest absolute Gasteiger partial charge is 0.489 e. The van der Waals surface area contributed by atoms with Gasteiger partial charge in [-0.1, -0.05) is 19.1 Å². The average Bonchev–Trinajstić information content (AvgIpc) is 2.34. The minimum absolute atomic E-state index is 0. The second kappa shape index (κ2) is 8.82. The number of nitrogens with one attached hydrogen (secondary N) is 1. The Bertz CT molecular complexity index is 366. The number of likely N-dealkylation sites (N-methyl/N-ethyl adjacent to an activating group) is 1. The zero-order chi connectivity index (χ0) is 11.8. The number of rotatable bonds is 6. The van der Waals surface area contributed by atoms with E-state index in [0.717, 1.165) is 6.54 Å². The van der Waals surface area contributed by atoms with E-state index < -0.39 is 6.10 Å². The average molecular weight is 257 g/mol. The van der Waals surface area contributed by atoms with E-state index in [1.807, 2.05) is 13.0 Å². The number of nitriles is 1. The molecule has 0 heterocycles. The summed E-state index contributed by atoms with van der Waals surface area (Å²) in [6.07, 6.45) is -0.563. The Hall–Kier alpha value is -1.28. The number of nitrogens with zero attached hydrogens (tertiary/aromatic N) is 1. The van der Waals surface area contributed by atoms with Crippen LogP contribution in [0.2, 0.25) is 0 Å². The number of aliphatic hydroxyl groups excluding tert-OH is 1. The molecule has 0 bridgehead atoms. The van der Waals surface area contributed by atoms with Crippen molar-refractivity contribution in [1.29, 1.82) is 5.26 Å². The van der Waals surface area contributed by atoms with Gasteiger partial charge >= 0.3 is 0 Å². The highest BCUT2D eigenvalue weighted by atomic mass is 35.5. The number of hydrogen-bond donors (Lipinski definition) is 2. The second-order valence-corrected chi connectivity index (χ2v) is 3.38. The Labute approximate surface area is 108 Å². The van der Waals surface area contributed by atoms with Crippen molar-refractivity contribution < 1.29 is 9.84 Å². The molecule has 1 aromatic rings. The van der Waals surface area contributed by atoms with E-state index in [1.165, 1.54) is 0 Å². The molecule has 1 atom stereocenters. The molecule has 4 nitrogen and oxygen atoms in total. The molecule has 1 unspecified atom stereocenters. The van der Waals surface area contributed by atoms with Crippen molar-refractivity contribution in [2.45, 2.75) is 13.0 Å². The van der Waals surface area contributed by atoms with Crippen molar-refractivity contribution in [3.05, 3.63) is 29.8 Å². The van der Waals surface area contributed by atoms with Crippen LogP contribution in [0.1, 0.15) is 12.5 Å². The SMILES string of the molecule is CCNCC(O)COc1ccccc1C#N.Cl. The maximum atomic E-state index is 9.53. The molecule has 0 saturated heterocycles. The highest BCUT2D eigenvalue weighted by Gasteiger charge is 2.06. The van der Waals surface area contributed by atoms with E-state index in [0.29, 0.717) is 17.9 Å². The van der Waals surface area contributed by atoms with Crippen LogP contribution in [0.4, 0.5) is 0 Å². The topological polar surface area (TPSA) is 65.3 Å². The first kappa shape index (κ1) is 15.7. The summed E-state index contributed by atoms with van der Waals surface area (Å²) < 4.78 is 5.37. The minimum Gasteiger partial charge on any atom is -0.489 e. The molecule has 94 valence electrons. The summed E-state index contributed by atoms with van der Waals surface area (Å²) in [6, 6.07) is 9.02. The van der Waals surface area contributed by atoms with Gasteiger partial charge < -0.3 is 15.2 Å². The smallest absolute Gasteiger partial charge is 0.137 e. The van der Waals surface area contributed by atoms with Gasteiger partial charge in [-0.15, -0.1) is 12.4 Å². The molecule has 1 aromatic carbocycles. The second-order valence-electron chi connectivity index (χ2n) is 3.38. The number of halogens is 1. The number of para-hydroxylation sites is 1. The summed E-state index contributed by atoms with van der Waals surface area (Å²) in [6.45, 7) is 3.46. The van der Waals surface area contributed by atoms with Crippen molar-refractivity contribution in [3.63, 3.8) is 0 Å². The zero-order valence-electron chi connectivity index (χ0n) is 9.72. The summed E-state index contributed by atoms with van der Waals surface area (Å²) >= 11 is 0. The molecule has 0 aliphatic carbocycles. The van der Waals surface area contributed by atoms with Gasteiger partial charge in [0, 0.05) is 6.54 Å². The first-order valence-electron chi connectivity index (χ1n) is 5.28. The molecule has 17 heavy (non-hydrogen) atoms. The van der Waals surface area contributed by atoms with Crippen molar-refractivity contribution in [2.24, 2.45) is 0 Å². The highest BCUT2D eigenvalue weighted by molar-refractivity contribution is 5.85. The van der Waals surface area contributed by atoms with Crippen LogP contribution in [-0.4, -0.2) is 30.9 Å². The molecule has 2 N–H and O–H groups in total. The van der Waals surface area contributed by atoms with Crippen LogP contribution in [0.15, 0.2) is 24.3 Å². The molecule has 5 heteroatoms. The lowest BCUT2D eigenvalue weighted by atomic mass is 10.2. The summed E-state index contributed by atoms with van der Waals surface area (Å²) in [5.74, 6) is 0.514. The fraction of sp³-hybridized carbons (Fsp3) is 0.417. The molecule has 0 aromatic heterocycles. The fourth-order valence-corrected chi connectivity index (χ4v) is 1.24. The van der Waals surface area contributed by atoms with E-state index in [1.54, 1.807) is 24.3 Å². The standard InChI is InChI=1S/C12H16N2O2.ClH/c1-2-14-8-11(15)9-16-12-6-4-3-5-10(12)7-13;/h3-6,11,14-15H,2,8-9H2,1H3;1H. The van der Waals surface area contributed by atoms with E-state index >= 15 is 0 Å². The van der Waals surface area contributed by atoms with Crippen LogP contribution in [-0.2, 0) is 0 Å². The molecule has 0 fully saturated rings. The predicted octanol–water partition coefficient (Wildman–Crippen LogP) is 1.33. The molecule has 0 spiro atoms. The van der Waals surface area contributed by atoms with E-state index in [4.69, 9.17) is 10.00 Å². The van der Waals surface area contributed by atoms with Crippen molar-refractivity contribution in [2.75, 3.05) is 19.7 Å². The van der Waals surface area contributed by atoms with Gasteiger partial charge in [0.2, 0.25) is 0 Å². The monoisotopic (exact) mass is 256 g/mol. The molecule has 0 aliphatic heterocycles. The van der Waals surface area contributed by atoms with Crippen molar-refractivity contribution >= 4 is 12.4 Å². The van der Waals surface area contributed by atoms with Gasteiger partial charge in [0.25, 0.3) is 0 Å². The van der Waals surface area contributed by atoms with Gasteiger partial charge in [0.1, 0.15) is 24.5 Å². The predicted molar refractivity (Wildman–Crippen MR) is 68.5 cm³/mol. The van der Waals surface area contributed by atoms with Gasteiger partial charge in [0.05, 0.1) is 5.56 Å². The normalized spacial score (nSPS) is 11.1. The molecule has 0 amide bonds. The summed E-state index contributed by atoms with van der Waals surface area (Å²) in [5, 5.41) is 21.4. The Morgan fingerprint density at radius 3 is 2.82 bits per heavy atom. The lowest BCUT2D eigenvalue weighted by Gasteiger charge is -2.13. The molecule has 0 saturated carbocycles. The highest BCUT2D eigenvalue weighted by Crippen LogP contribution is 2.16. The van der Waals surface area contributed by atoms with Crippen LogP contribution < -0.4 is 10.1 Å². The zero-order valence-corrected chi connectivity index (χ0v) is 10.5. The Morgan fingerprint density at radius 2 is 2.18 bits per heavy atom. The minimum atomic E-state index is -0.563. The number of hydrogen-bond acceptors (Lipinski definition) is 4. The maximum absolute atomic E-state index is 9.53. The van der Waals surface area contributed by atoms with Crippen LogP contribution >= 0.6 is 12.4 Å². The Kier molecular flexibility index (Phi) is 8.16. The van der Waals surface area contributed by atoms with Gasteiger partial charge in [0.15, 0.2) is 0 Å². The summed E-state index contributed by atoms with van der Waals surface area (Å²) in [7, 11) is 0. The van der Waals surface area contributed by atoms with Crippen molar-refractivity contribution in [1.82, 2.24) is 5.32 Å². The number of benzene rings is 1. The molecule has 0 aliphatic rings. The lowest BCUT2D eigenvalue weighted by molar-refractivity contribution is 0.107. The third kappa shape index (κ3) is 5.55. The quantitative estimate of drug-likeness (QED) is 0.806. The van der Waals surface area contributed by atoms with Crippen LogP contribution in [0.3, 0.4) is 0 Å². The van der Waals surface area contributed by atoms with Gasteiger partial charge in [-0.25, -0.2) is 0 Å². The van der Waals surface area contributed by atoms with Crippen LogP contribution in [0.25, 0.3) is 0 Å². The van der Waals surface area contributed by atoms with E-state index in [9.17, 15) is 5.11 Å². The molecule has 1 rings (SSSR count).